The third kappa shape index (κ3) is 2.33. The van der Waals surface area contributed by atoms with E-state index in [1.165, 1.54) is 0 Å². The van der Waals surface area contributed by atoms with E-state index >= 15 is 0 Å². The molecule has 1 aromatic carbocycles. The maximum absolute atomic E-state index is 11.3. The molecular formula is C14H17NO2. The van der Waals surface area contributed by atoms with E-state index in [0.29, 0.717) is 6.42 Å². The quantitative estimate of drug-likeness (QED) is 0.827. The number of hydrogen-bond acceptors (Lipinski definition) is 1. The number of hydrogen-bond donors (Lipinski definition) is 2. The van der Waals surface area contributed by atoms with Crippen molar-refractivity contribution in [2.45, 2.75) is 32.1 Å². The fourth-order valence-corrected chi connectivity index (χ4v) is 2.20. The van der Waals surface area contributed by atoms with Gasteiger partial charge in [0.15, 0.2) is 0 Å². The highest BCUT2D eigenvalue weighted by atomic mass is 16.4. The molecule has 90 valence electrons. The first-order chi connectivity index (χ1) is 8.24. The van der Waals surface area contributed by atoms with Crippen molar-refractivity contribution in [1.29, 1.82) is 0 Å². The molecule has 0 saturated carbocycles. The molecule has 0 aliphatic carbocycles. The zero-order chi connectivity index (χ0) is 12.3. The number of benzene rings is 1. The Bertz CT molecular complexity index is 516. The van der Waals surface area contributed by atoms with Gasteiger partial charge in [0.2, 0.25) is 0 Å². The fraction of sp³-hybridized carbons (Fsp3) is 0.357. The van der Waals surface area contributed by atoms with Gasteiger partial charge in [0.25, 0.3) is 0 Å². The molecule has 3 nitrogen and oxygen atoms in total. The Balaban J connectivity index is 2.38. The first-order valence-corrected chi connectivity index (χ1v) is 6.03. The van der Waals surface area contributed by atoms with Crippen molar-refractivity contribution in [3.63, 3.8) is 0 Å². The molecule has 2 N–H and O–H groups in total. The van der Waals surface area contributed by atoms with E-state index in [2.05, 4.69) is 11.9 Å². The summed E-state index contributed by atoms with van der Waals surface area (Å²) in [6, 6.07) is 7.84. The lowest BCUT2D eigenvalue weighted by Crippen LogP contribution is -2.11. The summed E-state index contributed by atoms with van der Waals surface area (Å²) in [6.07, 6.45) is 4.50. The number of rotatable bonds is 5. The number of carboxylic acids is 1. The zero-order valence-corrected chi connectivity index (χ0v) is 9.94. The lowest BCUT2D eigenvalue weighted by atomic mass is 9.93. The van der Waals surface area contributed by atoms with Crippen LogP contribution < -0.4 is 0 Å². The number of unbranched alkanes of at least 4 members (excludes halogenated alkanes) is 1. The SMILES string of the molecule is CCCC[C@H](C(=O)O)c1c[nH]c2ccccc12. The van der Waals surface area contributed by atoms with Gasteiger partial charge < -0.3 is 10.1 Å². The Labute approximate surface area is 100 Å². The number of carboxylic acid groups (broad SMARTS) is 1. The van der Waals surface area contributed by atoms with E-state index in [0.717, 1.165) is 29.3 Å². The van der Waals surface area contributed by atoms with Crippen LogP contribution in [0.1, 0.15) is 37.7 Å². The second-order valence-corrected chi connectivity index (χ2v) is 4.32. The van der Waals surface area contributed by atoms with E-state index in [9.17, 15) is 9.90 Å². The van der Waals surface area contributed by atoms with Gasteiger partial charge in [-0.1, -0.05) is 38.0 Å². The lowest BCUT2D eigenvalue weighted by Gasteiger charge is -2.10. The van der Waals surface area contributed by atoms with Crippen molar-refractivity contribution in [3.05, 3.63) is 36.0 Å². The predicted molar refractivity (Wildman–Crippen MR) is 68.2 cm³/mol. The van der Waals surface area contributed by atoms with Gasteiger partial charge >= 0.3 is 5.97 Å². The monoisotopic (exact) mass is 231 g/mol. The number of fused-ring (bicyclic) bond motifs is 1. The molecule has 0 spiro atoms. The van der Waals surface area contributed by atoms with Crippen LogP contribution in [0.15, 0.2) is 30.5 Å². The first kappa shape index (κ1) is 11.7. The molecule has 0 unspecified atom stereocenters. The summed E-state index contributed by atoms with van der Waals surface area (Å²) < 4.78 is 0. The summed E-state index contributed by atoms with van der Waals surface area (Å²) in [5.74, 6) is -1.13. The van der Waals surface area contributed by atoms with Gasteiger partial charge in [0.1, 0.15) is 0 Å². The number of aromatic amines is 1. The Morgan fingerprint density at radius 3 is 2.88 bits per heavy atom. The smallest absolute Gasteiger partial charge is 0.311 e. The van der Waals surface area contributed by atoms with Crippen molar-refractivity contribution >= 4 is 16.9 Å². The largest absolute Gasteiger partial charge is 0.481 e. The number of aliphatic carboxylic acids is 1. The van der Waals surface area contributed by atoms with Crippen LogP contribution in [0.2, 0.25) is 0 Å². The molecule has 2 aromatic rings. The van der Waals surface area contributed by atoms with E-state index < -0.39 is 11.9 Å². The van der Waals surface area contributed by atoms with Gasteiger partial charge in [-0.3, -0.25) is 4.79 Å². The van der Waals surface area contributed by atoms with Crippen molar-refractivity contribution in [2.24, 2.45) is 0 Å². The summed E-state index contributed by atoms with van der Waals surface area (Å²) in [5, 5.41) is 10.3. The predicted octanol–water partition coefficient (Wildman–Crippen LogP) is 3.53. The van der Waals surface area contributed by atoms with Crippen LogP contribution in [-0.4, -0.2) is 16.1 Å². The van der Waals surface area contributed by atoms with Crippen molar-refractivity contribution in [2.75, 3.05) is 0 Å². The minimum atomic E-state index is -0.733. The van der Waals surface area contributed by atoms with E-state index in [4.69, 9.17) is 0 Å². The molecule has 0 aliphatic heterocycles. The Morgan fingerprint density at radius 2 is 2.18 bits per heavy atom. The lowest BCUT2D eigenvalue weighted by molar-refractivity contribution is -0.139. The molecule has 3 heteroatoms. The molecule has 1 atom stereocenters. The summed E-state index contributed by atoms with van der Waals surface area (Å²) in [6.45, 7) is 2.08. The molecule has 0 fully saturated rings. The van der Waals surface area contributed by atoms with Crippen LogP contribution >= 0.6 is 0 Å². The molecular weight excluding hydrogens is 214 g/mol. The minimum Gasteiger partial charge on any atom is -0.481 e. The third-order valence-corrected chi connectivity index (χ3v) is 3.14. The van der Waals surface area contributed by atoms with Gasteiger partial charge in [-0.05, 0) is 18.1 Å². The third-order valence-electron chi connectivity index (χ3n) is 3.14. The normalized spacial score (nSPS) is 12.8. The highest BCUT2D eigenvalue weighted by molar-refractivity contribution is 5.89. The molecule has 0 bridgehead atoms. The van der Waals surface area contributed by atoms with E-state index in [1.807, 2.05) is 30.5 Å². The summed E-state index contributed by atoms with van der Waals surface area (Å²) in [5.41, 5.74) is 1.91. The second-order valence-electron chi connectivity index (χ2n) is 4.32. The van der Waals surface area contributed by atoms with Gasteiger partial charge in [0.05, 0.1) is 5.92 Å². The number of aromatic nitrogens is 1. The number of nitrogens with one attached hydrogen (secondary N) is 1. The number of para-hydroxylation sites is 1. The second kappa shape index (κ2) is 5.04. The van der Waals surface area contributed by atoms with E-state index in [1.54, 1.807) is 0 Å². The highest BCUT2D eigenvalue weighted by Crippen LogP contribution is 2.29. The highest BCUT2D eigenvalue weighted by Gasteiger charge is 2.21. The molecule has 0 saturated heterocycles. The Morgan fingerprint density at radius 1 is 1.41 bits per heavy atom. The molecule has 0 radical (unpaired) electrons. The fourth-order valence-electron chi connectivity index (χ4n) is 2.20. The van der Waals surface area contributed by atoms with Gasteiger partial charge in [-0.15, -0.1) is 0 Å². The molecule has 1 aromatic heterocycles. The Kier molecular flexibility index (Phi) is 3.47. The van der Waals surface area contributed by atoms with E-state index in [-0.39, 0.29) is 0 Å². The van der Waals surface area contributed by atoms with Gasteiger partial charge in [-0.2, -0.15) is 0 Å². The molecule has 0 amide bonds. The van der Waals surface area contributed by atoms with Crippen LogP contribution in [0.5, 0.6) is 0 Å². The number of H-pyrrole nitrogens is 1. The van der Waals surface area contributed by atoms with Crippen molar-refractivity contribution in [1.82, 2.24) is 4.98 Å². The maximum Gasteiger partial charge on any atom is 0.311 e. The maximum atomic E-state index is 11.3. The van der Waals surface area contributed by atoms with Crippen LogP contribution in [0.25, 0.3) is 10.9 Å². The molecule has 17 heavy (non-hydrogen) atoms. The molecule has 0 aliphatic rings. The summed E-state index contributed by atoms with van der Waals surface area (Å²) in [4.78, 5) is 14.5. The van der Waals surface area contributed by atoms with Crippen LogP contribution in [-0.2, 0) is 4.79 Å². The van der Waals surface area contributed by atoms with Crippen LogP contribution in [0.4, 0.5) is 0 Å². The average Bonchev–Trinajstić information content (AvgIpc) is 2.73. The van der Waals surface area contributed by atoms with Crippen LogP contribution in [0.3, 0.4) is 0 Å². The van der Waals surface area contributed by atoms with Gasteiger partial charge in [0, 0.05) is 17.1 Å². The van der Waals surface area contributed by atoms with Crippen molar-refractivity contribution in [3.8, 4) is 0 Å². The summed E-state index contributed by atoms with van der Waals surface area (Å²) >= 11 is 0. The topological polar surface area (TPSA) is 53.1 Å². The minimum absolute atomic E-state index is 0.397. The zero-order valence-electron chi connectivity index (χ0n) is 9.94. The van der Waals surface area contributed by atoms with Crippen LogP contribution in [0, 0.1) is 0 Å². The summed E-state index contributed by atoms with van der Waals surface area (Å²) in [7, 11) is 0. The number of carbonyl (C=O) groups is 1. The average molecular weight is 231 g/mol. The molecule has 2 rings (SSSR count). The molecule has 1 heterocycles. The standard InChI is InChI=1S/C14H17NO2/c1-2-3-6-11(14(16)17)12-9-15-13-8-5-4-7-10(12)13/h4-5,7-9,11,15H,2-3,6H2,1H3,(H,16,17)/t11-/m0/s1. The van der Waals surface area contributed by atoms with Crippen molar-refractivity contribution < 1.29 is 9.90 Å². The van der Waals surface area contributed by atoms with Gasteiger partial charge in [-0.25, -0.2) is 0 Å². The Hall–Kier alpha value is -1.77. The first-order valence-electron chi connectivity index (χ1n) is 6.03.